The lowest BCUT2D eigenvalue weighted by molar-refractivity contribution is 0.305. The van der Waals surface area contributed by atoms with Crippen LogP contribution in [0.25, 0.3) is 0 Å². The molecule has 4 heteroatoms. The Bertz CT molecular complexity index is 276. The van der Waals surface area contributed by atoms with E-state index in [2.05, 4.69) is 22.4 Å². The Morgan fingerprint density at radius 1 is 1.58 bits per heavy atom. The summed E-state index contributed by atoms with van der Waals surface area (Å²) in [6.07, 6.45) is 1.08. The Morgan fingerprint density at radius 3 is 2.92 bits per heavy atom. The highest BCUT2D eigenvalue weighted by molar-refractivity contribution is 5.07. The molecule has 1 saturated heterocycles. The van der Waals surface area contributed by atoms with Crippen LogP contribution in [-0.2, 0) is 5.41 Å². The van der Waals surface area contributed by atoms with E-state index in [4.69, 9.17) is 4.52 Å². The van der Waals surface area contributed by atoms with E-state index in [1.165, 1.54) is 0 Å². The van der Waals surface area contributed by atoms with Crippen molar-refractivity contribution in [2.75, 3.05) is 13.1 Å². The zero-order valence-corrected chi connectivity index (χ0v) is 7.42. The summed E-state index contributed by atoms with van der Waals surface area (Å²) in [7, 11) is 0. The van der Waals surface area contributed by atoms with Gasteiger partial charge in [-0.1, -0.05) is 5.16 Å². The fraction of sp³-hybridized carbons (Fsp3) is 0.750. The van der Waals surface area contributed by atoms with E-state index in [-0.39, 0.29) is 5.41 Å². The molecule has 0 aliphatic carbocycles. The maximum Gasteiger partial charge on any atom is 0.233 e. The van der Waals surface area contributed by atoms with Gasteiger partial charge >= 0.3 is 0 Å². The van der Waals surface area contributed by atoms with Gasteiger partial charge in [-0.05, 0) is 26.8 Å². The Morgan fingerprint density at radius 2 is 2.42 bits per heavy atom. The molecule has 66 valence electrons. The van der Waals surface area contributed by atoms with Crippen molar-refractivity contribution in [3.05, 3.63) is 11.7 Å². The summed E-state index contributed by atoms with van der Waals surface area (Å²) in [6.45, 7) is 5.98. The third kappa shape index (κ3) is 1.12. The third-order valence-corrected chi connectivity index (χ3v) is 2.41. The number of hydrogen-bond donors (Lipinski definition) is 1. The van der Waals surface area contributed by atoms with Crippen LogP contribution in [0.3, 0.4) is 0 Å². The molecule has 2 rings (SSSR count). The Hall–Kier alpha value is -0.900. The first kappa shape index (κ1) is 7.73. The first-order valence-electron chi connectivity index (χ1n) is 4.22. The van der Waals surface area contributed by atoms with Gasteiger partial charge in [0.2, 0.25) is 5.89 Å². The molecule has 0 radical (unpaired) electrons. The van der Waals surface area contributed by atoms with Gasteiger partial charge < -0.3 is 9.84 Å². The molecule has 1 unspecified atom stereocenters. The van der Waals surface area contributed by atoms with Gasteiger partial charge in [-0.15, -0.1) is 0 Å². The Kier molecular flexibility index (Phi) is 1.65. The molecule has 1 fully saturated rings. The Balaban J connectivity index is 2.28. The van der Waals surface area contributed by atoms with Crippen molar-refractivity contribution in [1.29, 1.82) is 0 Å². The van der Waals surface area contributed by atoms with Crippen LogP contribution < -0.4 is 5.32 Å². The predicted molar refractivity (Wildman–Crippen MR) is 43.9 cm³/mol. The molecule has 0 aromatic carbocycles. The van der Waals surface area contributed by atoms with Gasteiger partial charge in [0.25, 0.3) is 0 Å². The highest BCUT2D eigenvalue weighted by Gasteiger charge is 2.35. The number of rotatable bonds is 1. The van der Waals surface area contributed by atoms with Crippen LogP contribution in [0.15, 0.2) is 4.52 Å². The highest BCUT2D eigenvalue weighted by Crippen LogP contribution is 2.28. The molecule has 1 aromatic heterocycles. The van der Waals surface area contributed by atoms with Crippen molar-refractivity contribution < 1.29 is 4.52 Å². The van der Waals surface area contributed by atoms with Crippen molar-refractivity contribution in [1.82, 2.24) is 15.5 Å². The van der Waals surface area contributed by atoms with Crippen LogP contribution in [0, 0.1) is 6.92 Å². The summed E-state index contributed by atoms with van der Waals surface area (Å²) in [5.74, 6) is 1.49. The van der Waals surface area contributed by atoms with E-state index in [9.17, 15) is 0 Å². The minimum Gasteiger partial charge on any atom is -0.339 e. The molecule has 4 nitrogen and oxygen atoms in total. The zero-order chi connectivity index (χ0) is 8.60. The third-order valence-electron chi connectivity index (χ3n) is 2.41. The van der Waals surface area contributed by atoms with Gasteiger partial charge in [0.1, 0.15) is 0 Å². The fourth-order valence-corrected chi connectivity index (χ4v) is 1.54. The minimum absolute atomic E-state index is 0.0568. The average molecular weight is 167 g/mol. The lowest BCUT2D eigenvalue weighted by Gasteiger charge is -2.15. The topological polar surface area (TPSA) is 51.0 Å². The molecule has 0 saturated carbocycles. The SMILES string of the molecule is Cc1noc(C2(C)CCNC2)n1. The monoisotopic (exact) mass is 167 g/mol. The molecule has 0 spiro atoms. The molecule has 1 aliphatic heterocycles. The van der Waals surface area contributed by atoms with Gasteiger partial charge in [-0.3, -0.25) is 0 Å². The van der Waals surface area contributed by atoms with E-state index in [1.54, 1.807) is 0 Å². The van der Waals surface area contributed by atoms with Crippen molar-refractivity contribution in [3.8, 4) is 0 Å². The van der Waals surface area contributed by atoms with E-state index >= 15 is 0 Å². The van der Waals surface area contributed by atoms with Gasteiger partial charge in [0.15, 0.2) is 5.82 Å². The first-order chi connectivity index (χ1) is 5.71. The molecule has 2 heterocycles. The summed E-state index contributed by atoms with van der Waals surface area (Å²) in [5, 5.41) is 7.09. The first-order valence-corrected chi connectivity index (χ1v) is 4.22. The van der Waals surface area contributed by atoms with Crippen LogP contribution in [0.1, 0.15) is 25.1 Å². The summed E-state index contributed by atoms with van der Waals surface area (Å²) in [4.78, 5) is 4.25. The largest absolute Gasteiger partial charge is 0.339 e. The number of nitrogens with zero attached hydrogens (tertiary/aromatic N) is 2. The van der Waals surface area contributed by atoms with Gasteiger partial charge in [0.05, 0.1) is 5.41 Å². The molecule has 1 atom stereocenters. The number of aromatic nitrogens is 2. The molecule has 12 heavy (non-hydrogen) atoms. The number of nitrogens with one attached hydrogen (secondary N) is 1. The van der Waals surface area contributed by atoms with Crippen molar-refractivity contribution >= 4 is 0 Å². The van der Waals surface area contributed by atoms with Crippen LogP contribution in [0.4, 0.5) is 0 Å². The second-order valence-electron chi connectivity index (χ2n) is 3.63. The maximum atomic E-state index is 5.15. The van der Waals surface area contributed by atoms with Crippen LogP contribution in [-0.4, -0.2) is 23.2 Å². The molecule has 1 aromatic rings. The maximum absolute atomic E-state index is 5.15. The zero-order valence-electron chi connectivity index (χ0n) is 7.42. The highest BCUT2D eigenvalue weighted by atomic mass is 16.5. The van der Waals surface area contributed by atoms with Crippen molar-refractivity contribution in [3.63, 3.8) is 0 Å². The van der Waals surface area contributed by atoms with E-state index < -0.39 is 0 Å². The van der Waals surface area contributed by atoms with Gasteiger partial charge in [-0.2, -0.15) is 4.98 Å². The number of aryl methyl sites for hydroxylation is 1. The average Bonchev–Trinajstić information content (AvgIpc) is 2.59. The lowest BCUT2D eigenvalue weighted by Crippen LogP contribution is -2.25. The molecule has 0 amide bonds. The quantitative estimate of drug-likeness (QED) is 0.666. The van der Waals surface area contributed by atoms with Crippen LogP contribution in [0.5, 0.6) is 0 Å². The van der Waals surface area contributed by atoms with Gasteiger partial charge in [-0.25, -0.2) is 0 Å². The summed E-state index contributed by atoms with van der Waals surface area (Å²) in [5.41, 5.74) is 0.0568. The number of hydrogen-bond acceptors (Lipinski definition) is 4. The van der Waals surface area contributed by atoms with Crippen LogP contribution >= 0.6 is 0 Å². The fourth-order valence-electron chi connectivity index (χ4n) is 1.54. The van der Waals surface area contributed by atoms with Gasteiger partial charge in [0, 0.05) is 6.54 Å². The van der Waals surface area contributed by atoms with E-state index in [0.29, 0.717) is 0 Å². The molecular formula is C8H13N3O. The molecule has 1 aliphatic rings. The van der Waals surface area contributed by atoms with E-state index in [1.807, 2.05) is 6.92 Å². The standard InChI is InChI=1S/C8H13N3O/c1-6-10-7(12-11-6)8(2)3-4-9-5-8/h9H,3-5H2,1-2H3. The molecule has 0 bridgehead atoms. The summed E-state index contributed by atoms with van der Waals surface area (Å²) in [6, 6.07) is 0. The van der Waals surface area contributed by atoms with Crippen molar-refractivity contribution in [2.24, 2.45) is 0 Å². The normalized spacial score (nSPS) is 29.5. The lowest BCUT2D eigenvalue weighted by atomic mass is 9.90. The second kappa shape index (κ2) is 2.55. The van der Waals surface area contributed by atoms with E-state index in [0.717, 1.165) is 31.2 Å². The summed E-state index contributed by atoms with van der Waals surface area (Å²) >= 11 is 0. The van der Waals surface area contributed by atoms with Crippen molar-refractivity contribution in [2.45, 2.75) is 25.7 Å². The summed E-state index contributed by atoms with van der Waals surface area (Å²) < 4.78 is 5.15. The smallest absolute Gasteiger partial charge is 0.233 e. The van der Waals surface area contributed by atoms with Crippen LogP contribution in [0.2, 0.25) is 0 Å². The molecule has 1 N–H and O–H groups in total. The predicted octanol–water partition coefficient (Wildman–Crippen LogP) is 0.629. The molecular weight excluding hydrogens is 154 g/mol. The Labute approximate surface area is 71.4 Å². The minimum atomic E-state index is 0.0568. The second-order valence-corrected chi connectivity index (χ2v) is 3.63.